The normalized spacial score (nSPS) is 11.4. The van der Waals surface area contributed by atoms with Crippen LogP contribution in [0.5, 0.6) is 0 Å². The summed E-state index contributed by atoms with van der Waals surface area (Å²) in [5.41, 5.74) is 5.53. The van der Waals surface area contributed by atoms with Crippen LogP contribution >= 0.6 is 15.9 Å². The van der Waals surface area contributed by atoms with E-state index in [-0.39, 0.29) is 21.6 Å². The fourth-order valence-corrected chi connectivity index (χ4v) is 3.39. The average molecular weight is 377 g/mol. The number of nitrogens with two attached hydrogens (primary N) is 1. The summed E-state index contributed by atoms with van der Waals surface area (Å²) in [4.78, 5) is -0.0488. The zero-order chi connectivity index (χ0) is 15.6. The van der Waals surface area contributed by atoms with Gasteiger partial charge >= 0.3 is 0 Å². The Hall–Kier alpha value is -1.51. The van der Waals surface area contributed by atoms with E-state index in [0.717, 1.165) is 6.07 Å². The lowest BCUT2D eigenvalue weighted by Crippen LogP contribution is -2.17. The summed E-state index contributed by atoms with van der Waals surface area (Å²) in [5, 5.41) is 0. The third kappa shape index (κ3) is 3.39. The van der Waals surface area contributed by atoms with Gasteiger partial charge in [-0.15, -0.1) is 0 Å². The molecule has 3 N–H and O–H groups in total. The number of nitrogens with one attached hydrogen (secondary N) is 1. The quantitative estimate of drug-likeness (QED) is 0.805. The number of halogens is 3. The molecule has 0 amide bonds. The highest BCUT2D eigenvalue weighted by molar-refractivity contribution is 9.10. The molecule has 2 aromatic rings. The molecule has 0 aliphatic rings. The van der Waals surface area contributed by atoms with Gasteiger partial charge in [0.05, 0.1) is 15.1 Å². The van der Waals surface area contributed by atoms with Crippen LogP contribution in [-0.4, -0.2) is 8.42 Å². The SMILES string of the molecule is NCc1ccccc1S(=O)(=O)Nc1cc(Br)c(F)cc1F. The van der Waals surface area contributed by atoms with Gasteiger partial charge in [0.15, 0.2) is 0 Å². The fourth-order valence-electron chi connectivity index (χ4n) is 1.74. The largest absolute Gasteiger partial charge is 0.326 e. The van der Waals surface area contributed by atoms with Crippen LogP contribution < -0.4 is 10.5 Å². The highest BCUT2D eigenvalue weighted by Gasteiger charge is 2.20. The summed E-state index contributed by atoms with van der Waals surface area (Å²) in [7, 11) is -4.02. The molecule has 112 valence electrons. The monoisotopic (exact) mass is 376 g/mol. The molecule has 0 spiro atoms. The van der Waals surface area contributed by atoms with E-state index in [4.69, 9.17) is 5.73 Å². The second kappa shape index (κ2) is 6.08. The Labute approximate surface area is 129 Å². The topological polar surface area (TPSA) is 72.2 Å². The van der Waals surface area contributed by atoms with Crippen molar-refractivity contribution in [3.05, 3.63) is 58.1 Å². The fraction of sp³-hybridized carbons (Fsp3) is 0.0769. The molecule has 0 radical (unpaired) electrons. The summed E-state index contributed by atoms with van der Waals surface area (Å²) in [6, 6.07) is 7.72. The van der Waals surface area contributed by atoms with Gasteiger partial charge < -0.3 is 5.73 Å². The smallest absolute Gasteiger partial charge is 0.262 e. The van der Waals surface area contributed by atoms with Crippen molar-refractivity contribution in [1.29, 1.82) is 0 Å². The van der Waals surface area contributed by atoms with Gasteiger partial charge in [-0.1, -0.05) is 18.2 Å². The van der Waals surface area contributed by atoms with E-state index in [1.54, 1.807) is 12.1 Å². The van der Waals surface area contributed by atoms with Crippen molar-refractivity contribution in [2.24, 2.45) is 5.73 Å². The maximum absolute atomic E-state index is 13.6. The number of hydrogen-bond donors (Lipinski definition) is 2. The molecule has 0 aromatic heterocycles. The van der Waals surface area contributed by atoms with Gasteiger partial charge in [-0.25, -0.2) is 17.2 Å². The molecule has 0 fully saturated rings. The Morgan fingerprint density at radius 1 is 1.14 bits per heavy atom. The zero-order valence-corrected chi connectivity index (χ0v) is 13.0. The second-order valence-electron chi connectivity index (χ2n) is 4.16. The molecule has 0 aliphatic heterocycles. The third-order valence-corrected chi connectivity index (χ3v) is 4.81. The van der Waals surface area contributed by atoms with Crippen molar-refractivity contribution < 1.29 is 17.2 Å². The van der Waals surface area contributed by atoms with Gasteiger partial charge in [-0.2, -0.15) is 0 Å². The summed E-state index contributed by atoms with van der Waals surface area (Å²) in [6.07, 6.45) is 0. The number of anilines is 1. The lowest BCUT2D eigenvalue weighted by Gasteiger charge is -2.12. The molecule has 2 rings (SSSR count). The van der Waals surface area contributed by atoms with Gasteiger partial charge in [-0.3, -0.25) is 4.72 Å². The van der Waals surface area contributed by atoms with Crippen molar-refractivity contribution in [3.63, 3.8) is 0 Å². The Morgan fingerprint density at radius 3 is 2.48 bits per heavy atom. The van der Waals surface area contributed by atoms with E-state index in [1.807, 2.05) is 0 Å². The van der Waals surface area contributed by atoms with Gasteiger partial charge in [0.1, 0.15) is 11.6 Å². The van der Waals surface area contributed by atoms with E-state index < -0.39 is 21.7 Å². The number of hydrogen-bond acceptors (Lipinski definition) is 3. The van der Waals surface area contributed by atoms with Crippen LogP contribution in [0.25, 0.3) is 0 Å². The molecule has 0 bridgehead atoms. The lowest BCUT2D eigenvalue weighted by atomic mass is 10.2. The maximum Gasteiger partial charge on any atom is 0.262 e. The standard InChI is InChI=1S/C13H11BrF2N2O2S/c14-9-5-12(11(16)6-10(9)15)18-21(19,20)13-4-2-1-3-8(13)7-17/h1-6,18H,7,17H2. The number of rotatable bonds is 4. The molecule has 8 heteroatoms. The summed E-state index contributed by atoms with van der Waals surface area (Å²) >= 11 is 2.88. The highest BCUT2D eigenvalue weighted by atomic mass is 79.9. The molecule has 0 saturated carbocycles. The average Bonchev–Trinajstić information content (AvgIpc) is 2.44. The highest BCUT2D eigenvalue weighted by Crippen LogP contribution is 2.26. The number of benzene rings is 2. The molecule has 0 unspecified atom stereocenters. The molecular weight excluding hydrogens is 366 g/mol. The van der Waals surface area contributed by atoms with Crippen molar-refractivity contribution in [2.45, 2.75) is 11.4 Å². The first-order valence-electron chi connectivity index (χ1n) is 5.80. The van der Waals surface area contributed by atoms with Gasteiger partial charge in [0.2, 0.25) is 0 Å². The Kier molecular flexibility index (Phi) is 4.60. The summed E-state index contributed by atoms with van der Waals surface area (Å²) < 4.78 is 53.4. The van der Waals surface area contributed by atoms with Crippen LogP contribution in [-0.2, 0) is 16.6 Å². The molecule has 0 aliphatic carbocycles. The van der Waals surface area contributed by atoms with Gasteiger partial charge in [0.25, 0.3) is 10.0 Å². The van der Waals surface area contributed by atoms with Crippen molar-refractivity contribution in [1.82, 2.24) is 0 Å². The predicted octanol–water partition coefficient (Wildman–Crippen LogP) is 2.99. The predicted molar refractivity (Wildman–Crippen MR) is 79.2 cm³/mol. The summed E-state index contributed by atoms with van der Waals surface area (Å²) in [5.74, 6) is -1.83. The first-order valence-corrected chi connectivity index (χ1v) is 8.08. The van der Waals surface area contributed by atoms with E-state index in [9.17, 15) is 17.2 Å². The van der Waals surface area contributed by atoms with Crippen molar-refractivity contribution >= 4 is 31.6 Å². The first-order chi connectivity index (χ1) is 9.85. The van der Waals surface area contributed by atoms with Gasteiger partial charge in [-0.05, 0) is 33.6 Å². The Balaban J connectivity index is 2.45. The molecule has 21 heavy (non-hydrogen) atoms. The minimum atomic E-state index is -4.02. The van der Waals surface area contributed by atoms with E-state index >= 15 is 0 Å². The van der Waals surface area contributed by atoms with Crippen LogP contribution in [0.1, 0.15) is 5.56 Å². The Morgan fingerprint density at radius 2 is 1.81 bits per heavy atom. The van der Waals surface area contributed by atoms with Crippen molar-refractivity contribution in [3.8, 4) is 0 Å². The van der Waals surface area contributed by atoms with Crippen LogP contribution in [0, 0.1) is 11.6 Å². The van der Waals surface area contributed by atoms with E-state index in [0.29, 0.717) is 11.6 Å². The first kappa shape index (κ1) is 15.9. The number of sulfonamides is 1. The van der Waals surface area contributed by atoms with Gasteiger partial charge in [0, 0.05) is 12.6 Å². The minimum absolute atomic E-state index is 0.0205. The summed E-state index contributed by atoms with van der Waals surface area (Å²) in [6.45, 7) is 0.0205. The van der Waals surface area contributed by atoms with Crippen LogP contribution in [0.2, 0.25) is 0 Å². The Bertz CT molecular complexity index is 782. The molecule has 0 heterocycles. The van der Waals surface area contributed by atoms with E-state index in [2.05, 4.69) is 20.7 Å². The van der Waals surface area contributed by atoms with E-state index in [1.165, 1.54) is 12.1 Å². The molecule has 4 nitrogen and oxygen atoms in total. The zero-order valence-electron chi connectivity index (χ0n) is 10.6. The molecule has 2 aromatic carbocycles. The molecule has 0 atom stereocenters. The maximum atomic E-state index is 13.6. The molecular formula is C13H11BrF2N2O2S. The lowest BCUT2D eigenvalue weighted by molar-refractivity contribution is 0.579. The van der Waals surface area contributed by atoms with Crippen molar-refractivity contribution in [2.75, 3.05) is 4.72 Å². The minimum Gasteiger partial charge on any atom is -0.326 e. The van der Waals surface area contributed by atoms with Crippen LogP contribution in [0.3, 0.4) is 0 Å². The molecule has 0 saturated heterocycles. The second-order valence-corrected chi connectivity index (χ2v) is 6.67. The third-order valence-electron chi connectivity index (χ3n) is 2.74. The van der Waals surface area contributed by atoms with Crippen LogP contribution in [0.15, 0.2) is 45.8 Å². The van der Waals surface area contributed by atoms with Crippen LogP contribution in [0.4, 0.5) is 14.5 Å².